The van der Waals surface area contributed by atoms with E-state index in [-0.39, 0.29) is 5.91 Å². The molecule has 0 saturated carbocycles. The Hall–Kier alpha value is -2.17. The van der Waals surface area contributed by atoms with Gasteiger partial charge in [0.15, 0.2) is 0 Å². The molecule has 5 nitrogen and oxygen atoms in total. The number of rotatable bonds is 6. The van der Waals surface area contributed by atoms with Gasteiger partial charge in [0.05, 0.1) is 12.0 Å². The van der Waals surface area contributed by atoms with Crippen LogP contribution in [0.25, 0.3) is 0 Å². The molecule has 5 heteroatoms. The molecule has 1 heterocycles. The molecule has 90 valence electrons. The van der Waals surface area contributed by atoms with Crippen LogP contribution >= 0.6 is 0 Å². The van der Waals surface area contributed by atoms with Crippen LogP contribution in [0, 0.1) is 0 Å². The second-order valence-corrected chi connectivity index (χ2v) is 3.44. The summed E-state index contributed by atoms with van der Waals surface area (Å²) in [4.78, 5) is 22.1. The summed E-state index contributed by atoms with van der Waals surface area (Å²) in [7, 11) is 0. The number of H-pyrrole nitrogens is 1. The predicted molar refractivity (Wildman–Crippen MR) is 67.7 cm³/mol. The van der Waals surface area contributed by atoms with E-state index >= 15 is 0 Å². The highest BCUT2D eigenvalue weighted by molar-refractivity contribution is 5.93. The molecule has 0 aliphatic carbocycles. The number of hydrogen-bond acceptors (Lipinski definition) is 3. The third kappa shape index (κ3) is 4.92. The molecule has 0 aliphatic heterocycles. The lowest BCUT2D eigenvalue weighted by Gasteiger charge is -2.03. The van der Waals surface area contributed by atoms with Crippen molar-refractivity contribution < 1.29 is 4.79 Å². The number of nitrogens with zero attached hydrogens (tertiary/aromatic N) is 2. The summed E-state index contributed by atoms with van der Waals surface area (Å²) in [5.41, 5.74) is 1.56. The van der Waals surface area contributed by atoms with E-state index in [0.717, 1.165) is 5.69 Å². The lowest BCUT2D eigenvalue weighted by atomic mass is 10.2. The Morgan fingerprint density at radius 3 is 3.18 bits per heavy atom. The van der Waals surface area contributed by atoms with Crippen molar-refractivity contribution in [1.29, 1.82) is 0 Å². The van der Waals surface area contributed by atoms with Crippen molar-refractivity contribution in [3.63, 3.8) is 0 Å². The maximum absolute atomic E-state index is 11.6. The Kier molecular flexibility index (Phi) is 5.43. The third-order valence-electron chi connectivity index (χ3n) is 2.12. The van der Waals surface area contributed by atoms with Gasteiger partial charge >= 0.3 is 0 Å². The fourth-order valence-corrected chi connectivity index (χ4v) is 1.20. The Bertz CT molecular complexity index is 418. The molecular weight excluding hydrogens is 216 g/mol. The first-order chi connectivity index (χ1) is 8.24. The Morgan fingerprint density at radius 2 is 2.53 bits per heavy atom. The first kappa shape index (κ1) is 12.9. The second kappa shape index (κ2) is 7.16. The van der Waals surface area contributed by atoms with E-state index in [2.05, 4.69) is 27.0 Å². The molecule has 0 bridgehead atoms. The minimum absolute atomic E-state index is 0.0887. The van der Waals surface area contributed by atoms with Crippen LogP contribution in [0.2, 0.25) is 0 Å². The maximum atomic E-state index is 11.6. The summed E-state index contributed by atoms with van der Waals surface area (Å²) in [5.74, 6) is -0.0887. The predicted octanol–water partition coefficient (Wildman–Crippen LogP) is 1.23. The van der Waals surface area contributed by atoms with Gasteiger partial charge in [0.25, 0.3) is 0 Å². The van der Waals surface area contributed by atoms with Gasteiger partial charge in [-0.05, 0) is 19.7 Å². The lowest BCUT2D eigenvalue weighted by Crippen LogP contribution is -2.26. The van der Waals surface area contributed by atoms with E-state index in [1.54, 1.807) is 25.4 Å². The van der Waals surface area contributed by atoms with Gasteiger partial charge in [-0.3, -0.25) is 9.79 Å². The summed E-state index contributed by atoms with van der Waals surface area (Å²) < 4.78 is 0. The second-order valence-electron chi connectivity index (χ2n) is 3.44. The number of nitrogens with one attached hydrogen (secondary N) is 2. The molecule has 0 aromatic carbocycles. The molecule has 17 heavy (non-hydrogen) atoms. The number of aliphatic imine (C=N–C) groups is 1. The number of aromatic amines is 1. The van der Waals surface area contributed by atoms with Gasteiger partial charge in [-0.2, -0.15) is 0 Å². The van der Waals surface area contributed by atoms with E-state index in [0.29, 0.717) is 18.5 Å². The van der Waals surface area contributed by atoms with Crippen LogP contribution in [0.3, 0.4) is 0 Å². The summed E-state index contributed by atoms with van der Waals surface area (Å²) in [5, 5.41) is 2.81. The van der Waals surface area contributed by atoms with Crippen molar-refractivity contribution in [3.05, 3.63) is 42.1 Å². The van der Waals surface area contributed by atoms with Crippen molar-refractivity contribution in [2.24, 2.45) is 4.99 Å². The van der Waals surface area contributed by atoms with Crippen LogP contribution in [0.15, 0.2) is 41.4 Å². The Morgan fingerprint density at radius 1 is 1.71 bits per heavy atom. The monoisotopic (exact) mass is 232 g/mol. The summed E-state index contributed by atoms with van der Waals surface area (Å²) in [6, 6.07) is 0. The van der Waals surface area contributed by atoms with E-state index in [4.69, 9.17) is 0 Å². The highest BCUT2D eigenvalue weighted by Crippen LogP contribution is 1.95. The molecule has 1 amide bonds. The molecule has 0 spiro atoms. The Labute approximate surface area is 100 Å². The SMILES string of the molecule is C=N/C=C\C=C(/C)C(=O)NCCc1c[nH]cn1. The molecule has 1 aromatic heterocycles. The van der Waals surface area contributed by atoms with Gasteiger partial charge in [0, 0.05) is 30.9 Å². The van der Waals surface area contributed by atoms with Crippen molar-refractivity contribution in [2.75, 3.05) is 6.54 Å². The van der Waals surface area contributed by atoms with Crippen molar-refractivity contribution in [2.45, 2.75) is 13.3 Å². The Balaban J connectivity index is 2.31. The van der Waals surface area contributed by atoms with Crippen LogP contribution in [0.1, 0.15) is 12.6 Å². The first-order valence-electron chi connectivity index (χ1n) is 5.29. The number of hydrogen-bond donors (Lipinski definition) is 2. The number of amides is 1. The van der Waals surface area contributed by atoms with Gasteiger partial charge in [-0.15, -0.1) is 0 Å². The fourth-order valence-electron chi connectivity index (χ4n) is 1.20. The van der Waals surface area contributed by atoms with E-state index in [1.165, 1.54) is 6.20 Å². The number of carbonyl (C=O) groups excluding carboxylic acids is 1. The molecule has 0 aliphatic rings. The third-order valence-corrected chi connectivity index (χ3v) is 2.12. The molecule has 0 unspecified atom stereocenters. The summed E-state index contributed by atoms with van der Waals surface area (Å²) in [6.45, 7) is 5.62. The van der Waals surface area contributed by atoms with E-state index in [9.17, 15) is 4.79 Å². The summed E-state index contributed by atoms with van der Waals surface area (Å²) >= 11 is 0. The van der Waals surface area contributed by atoms with E-state index < -0.39 is 0 Å². The average molecular weight is 232 g/mol. The molecular formula is C12H16N4O. The molecule has 2 N–H and O–H groups in total. The number of allylic oxidation sites excluding steroid dienone is 2. The van der Waals surface area contributed by atoms with E-state index in [1.807, 2.05) is 6.20 Å². The minimum atomic E-state index is -0.0887. The highest BCUT2D eigenvalue weighted by Gasteiger charge is 2.02. The standard InChI is InChI=1S/C12H16N4O/c1-10(4-3-6-13-2)12(17)15-7-5-11-8-14-9-16-11/h3-4,6,8-9H,2,5,7H2,1H3,(H,14,16)(H,15,17)/b6-3-,10-4+. The molecule has 1 aromatic rings. The average Bonchev–Trinajstić information content (AvgIpc) is 2.82. The molecule has 0 radical (unpaired) electrons. The van der Waals surface area contributed by atoms with Crippen LogP contribution in [-0.2, 0) is 11.2 Å². The van der Waals surface area contributed by atoms with Crippen LogP contribution < -0.4 is 5.32 Å². The first-order valence-corrected chi connectivity index (χ1v) is 5.29. The zero-order chi connectivity index (χ0) is 12.5. The largest absolute Gasteiger partial charge is 0.352 e. The van der Waals surface area contributed by atoms with Crippen LogP contribution in [0.4, 0.5) is 0 Å². The van der Waals surface area contributed by atoms with Gasteiger partial charge in [0.2, 0.25) is 5.91 Å². The minimum Gasteiger partial charge on any atom is -0.352 e. The molecule has 1 rings (SSSR count). The van der Waals surface area contributed by atoms with Crippen molar-refractivity contribution >= 4 is 12.6 Å². The molecule has 0 saturated heterocycles. The fraction of sp³-hybridized carbons (Fsp3) is 0.250. The van der Waals surface area contributed by atoms with Gasteiger partial charge < -0.3 is 10.3 Å². The molecule has 0 atom stereocenters. The highest BCUT2D eigenvalue weighted by atomic mass is 16.1. The van der Waals surface area contributed by atoms with Gasteiger partial charge in [0.1, 0.15) is 0 Å². The van der Waals surface area contributed by atoms with Crippen molar-refractivity contribution in [3.8, 4) is 0 Å². The molecule has 0 fully saturated rings. The normalized spacial score (nSPS) is 11.7. The van der Waals surface area contributed by atoms with Gasteiger partial charge in [-0.1, -0.05) is 6.08 Å². The van der Waals surface area contributed by atoms with Crippen LogP contribution in [-0.4, -0.2) is 29.1 Å². The summed E-state index contributed by atoms with van der Waals surface area (Å²) in [6.07, 6.45) is 9.05. The zero-order valence-electron chi connectivity index (χ0n) is 9.81. The maximum Gasteiger partial charge on any atom is 0.246 e. The number of imidazole rings is 1. The van der Waals surface area contributed by atoms with Gasteiger partial charge in [-0.25, -0.2) is 4.98 Å². The quantitative estimate of drug-likeness (QED) is 0.440. The topological polar surface area (TPSA) is 70.1 Å². The lowest BCUT2D eigenvalue weighted by molar-refractivity contribution is -0.117. The zero-order valence-corrected chi connectivity index (χ0v) is 9.81. The number of carbonyl (C=O) groups is 1. The smallest absolute Gasteiger partial charge is 0.246 e. The van der Waals surface area contributed by atoms with Crippen LogP contribution in [0.5, 0.6) is 0 Å². The number of aromatic nitrogens is 2. The van der Waals surface area contributed by atoms with Crippen molar-refractivity contribution in [1.82, 2.24) is 15.3 Å².